The van der Waals surface area contributed by atoms with Crippen LogP contribution in [-0.4, -0.2) is 33.2 Å². The molecule has 0 bridgehead atoms. The van der Waals surface area contributed by atoms with E-state index in [-0.39, 0.29) is 0 Å². The number of rotatable bonds is 10. The first-order chi connectivity index (χ1) is 18.1. The Morgan fingerprint density at radius 1 is 1.08 bits per heavy atom. The normalized spacial score (nSPS) is 10.5. The Kier molecular flexibility index (Phi) is 8.90. The molecule has 0 aliphatic rings. The highest BCUT2D eigenvalue weighted by Gasteiger charge is 2.13. The lowest BCUT2D eigenvalue weighted by molar-refractivity contribution is 0.407. The SMILES string of the molecule is COc1ccc(NC(=S)N(CCCc2cncn2Cc2ccc(C#N)cc2)Cc2ccccc2C)cc1. The zero-order valence-electron chi connectivity index (χ0n) is 21.2. The minimum atomic E-state index is 0.669. The number of anilines is 1. The number of hydrogen-bond donors (Lipinski definition) is 1. The van der Waals surface area contributed by atoms with Crippen molar-refractivity contribution in [3.63, 3.8) is 0 Å². The minimum absolute atomic E-state index is 0.669. The van der Waals surface area contributed by atoms with Crippen molar-refractivity contribution in [2.75, 3.05) is 19.0 Å². The maximum Gasteiger partial charge on any atom is 0.173 e. The van der Waals surface area contributed by atoms with Crippen LogP contribution in [0, 0.1) is 18.3 Å². The highest BCUT2D eigenvalue weighted by molar-refractivity contribution is 7.80. The van der Waals surface area contributed by atoms with Crippen LogP contribution in [0.3, 0.4) is 0 Å². The lowest BCUT2D eigenvalue weighted by atomic mass is 10.1. The number of aryl methyl sites for hydroxylation is 2. The molecule has 0 unspecified atom stereocenters. The van der Waals surface area contributed by atoms with Gasteiger partial charge in [-0.2, -0.15) is 5.26 Å². The van der Waals surface area contributed by atoms with E-state index in [0.29, 0.717) is 10.7 Å². The van der Waals surface area contributed by atoms with Crippen molar-refractivity contribution in [1.29, 1.82) is 5.26 Å². The molecule has 0 amide bonds. The Labute approximate surface area is 224 Å². The van der Waals surface area contributed by atoms with Crippen molar-refractivity contribution in [2.45, 2.75) is 32.9 Å². The number of aromatic nitrogens is 2. The largest absolute Gasteiger partial charge is 0.497 e. The molecule has 4 rings (SSSR count). The first-order valence-corrected chi connectivity index (χ1v) is 12.7. The molecule has 0 fully saturated rings. The molecule has 1 heterocycles. The molecule has 1 N–H and O–H groups in total. The maximum absolute atomic E-state index is 9.03. The second-order valence-electron chi connectivity index (χ2n) is 8.93. The van der Waals surface area contributed by atoms with Gasteiger partial charge in [-0.15, -0.1) is 0 Å². The molecule has 0 saturated carbocycles. The van der Waals surface area contributed by atoms with Crippen LogP contribution in [-0.2, 0) is 19.5 Å². The summed E-state index contributed by atoms with van der Waals surface area (Å²) in [5, 5.41) is 13.1. The molecule has 37 heavy (non-hydrogen) atoms. The van der Waals surface area contributed by atoms with Gasteiger partial charge in [-0.3, -0.25) is 0 Å². The third-order valence-corrected chi connectivity index (χ3v) is 6.71. The third kappa shape index (κ3) is 7.18. The molecular formula is C30H31N5OS. The maximum atomic E-state index is 9.03. The fourth-order valence-electron chi connectivity index (χ4n) is 4.15. The molecule has 0 atom stereocenters. The quantitative estimate of drug-likeness (QED) is 0.267. The van der Waals surface area contributed by atoms with E-state index in [4.69, 9.17) is 22.2 Å². The van der Waals surface area contributed by atoms with Crippen molar-refractivity contribution in [2.24, 2.45) is 0 Å². The lowest BCUT2D eigenvalue weighted by Crippen LogP contribution is -2.35. The Morgan fingerprint density at radius 2 is 1.84 bits per heavy atom. The molecule has 4 aromatic rings. The van der Waals surface area contributed by atoms with E-state index >= 15 is 0 Å². The van der Waals surface area contributed by atoms with Gasteiger partial charge in [0, 0.05) is 37.2 Å². The van der Waals surface area contributed by atoms with Crippen molar-refractivity contribution in [3.05, 3.63) is 113 Å². The first-order valence-electron chi connectivity index (χ1n) is 12.3. The second kappa shape index (κ2) is 12.7. The van der Waals surface area contributed by atoms with E-state index in [1.165, 1.54) is 16.8 Å². The van der Waals surface area contributed by atoms with E-state index in [1.54, 1.807) is 7.11 Å². The summed E-state index contributed by atoms with van der Waals surface area (Å²) >= 11 is 5.85. The molecule has 0 aliphatic heterocycles. The number of benzene rings is 3. The smallest absolute Gasteiger partial charge is 0.173 e. The van der Waals surface area contributed by atoms with Gasteiger partial charge >= 0.3 is 0 Å². The highest BCUT2D eigenvalue weighted by atomic mass is 32.1. The Hall–Kier alpha value is -4.15. The Morgan fingerprint density at radius 3 is 2.54 bits per heavy atom. The van der Waals surface area contributed by atoms with Crippen LogP contribution in [0.2, 0.25) is 0 Å². The van der Waals surface area contributed by atoms with E-state index in [2.05, 4.69) is 57.0 Å². The van der Waals surface area contributed by atoms with Crippen LogP contribution in [0.4, 0.5) is 5.69 Å². The highest BCUT2D eigenvalue weighted by Crippen LogP contribution is 2.18. The van der Waals surface area contributed by atoms with Gasteiger partial charge in [0.25, 0.3) is 0 Å². The molecule has 6 nitrogen and oxygen atoms in total. The summed E-state index contributed by atoms with van der Waals surface area (Å²) in [6.07, 6.45) is 5.61. The molecule has 1 aromatic heterocycles. The van der Waals surface area contributed by atoms with Crippen molar-refractivity contribution < 1.29 is 4.74 Å². The first kappa shape index (κ1) is 25.9. The lowest BCUT2D eigenvalue weighted by Gasteiger charge is -2.27. The van der Waals surface area contributed by atoms with Crippen molar-refractivity contribution in [1.82, 2.24) is 14.5 Å². The van der Waals surface area contributed by atoms with E-state index < -0.39 is 0 Å². The van der Waals surface area contributed by atoms with E-state index in [9.17, 15) is 0 Å². The Bertz CT molecular complexity index is 1360. The van der Waals surface area contributed by atoms with Crippen LogP contribution >= 0.6 is 12.2 Å². The second-order valence-corrected chi connectivity index (χ2v) is 9.32. The topological polar surface area (TPSA) is 66.1 Å². The molecule has 188 valence electrons. The number of methoxy groups -OCH3 is 1. The number of nitriles is 1. The fourth-order valence-corrected chi connectivity index (χ4v) is 4.43. The molecule has 0 spiro atoms. The summed E-state index contributed by atoms with van der Waals surface area (Å²) in [4.78, 5) is 6.61. The summed E-state index contributed by atoms with van der Waals surface area (Å²) < 4.78 is 7.44. The summed E-state index contributed by atoms with van der Waals surface area (Å²) in [7, 11) is 1.66. The molecule has 0 radical (unpaired) electrons. The molecule has 7 heteroatoms. The molecule has 0 saturated heterocycles. The van der Waals surface area contributed by atoms with Gasteiger partial charge in [0.15, 0.2) is 5.11 Å². The summed E-state index contributed by atoms with van der Waals surface area (Å²) in [6.45, 7) is 4.40. The van der Waals surface area contributed by atoms with Crippen LogP contribution in [0.1, 0.15) is 34.4 Å². The Balaban J connectivity index is 1.42. The van der Waals surface area contributed by atoms with Gasteiger partial charge in [0.05, 0.1) is 25.1 Å². The standard InChI is InChI=1S/C30H31N5OS/c1-23-6-3-4-7-26(23)21-34(30(37)33-27-13-15-29(36-2)16-14-27)17-5-8-28-19-32-22-35(28)20-25-11-9-24(18-31)10-12-25/h3-4,6-7,9-16,19,22H,5,8,17,20-21H2,1-2H3,(H,33,37). The average Bonchev–Trinajstić information content (AvgIpc) is 3.36. The summed E-state index contributed by atoms with van der Waals surface area (Å²) in [5.41, 5.74) is 6.43. The monoisotopic (exact) mass is 509 g/mol. The number of ether oxygens (including phenoxy) is 1. The number of nitrogens with one attached hydrogen (secondary N) is 1. The molecule has 0 aliphatic carbocycles. The number of thiocarbonyl (C=S) groups is 1. The number of hydrogen-bond acceptors (Lipinski definition) is 4. The van der Waals surface area contributed by atoms with Gasteiger partial charge < -0.3 is 19.5 Å². The van der Waals surface area contributed by atoms with Crippen LogP contribution < -0.4 is 10.1 Å². The molecular weight excluding hydrogens is 478 g/mol. The van der Waals surface area contributed by atoms with Crippen molar-refractivity contribution in [3.8, 4) is 11.8 Å². The number of nitrogens with zero attached hydrogens (tertiary/aromatic N) is 4. The van der Waals surface area contributed by atoms with Gasteiger partial charge in [-0.25, -0.2) is 4.98 Å². The summed E-state index contributed by atoms with van der Waals surface area (Å²) in [5.74, 6) is 0.811. The fraction of sp³-hybridized carbons (Fsp3) is 0.233. The van der Waals surface area contributed by atoms with Gasteiger partial charge in [0.1, 0.15) is 5.75 Å². The van der Waals surface area contributed by atoms with E-state index in [0.717, 1.165) is 49.5 Å². The molecule has 3 aromatic carbocycles. The predicted molar refractivity (Wildman–Crippen MR) is 152 cm³/mol. The van der Waals surface area contributed by atoms with Crippen LogP contribution in [0.25, 0.3) is 0 Å². The van der Waals surface area contributed by atoms with Gasteiger partial charge in [0.2, 0.25) is 0 Å². The number of imidazole rings is 1. The minimum Gasteiger partial charge on any atom is -0.497 e. The zero-order valence-corrected chi connectivity index (χ0v) is 22.0. The van der Waals surface area contributed by atoms with Gasteiger partial charge in [-0.05, 0) is 85.1 Å². The summed E-state index contributed by atoms with van der Waals surface area (Å²) in [6, 6.07) is 26.1. The third-order valence-electron chi connectivity index (χ3n) is 6.35. The van der Waals surface area contributed by atoms with Crippen LogP contribution in [0.15, 0.2) is 85.3 Å². The average molecular weight is 510 g/mol. The predicted octanol–water partition coefficient (Wildman–Crippen LogP) is 5.95. The van der Waals surface area contributed by atoms with Crippen molar-refractivity contribution >= 4 is 23.0 Å². The van der Waals surface area contributed by atoms with E-state index in [1.807, 2.05) is 61.1 Å². The van der Waals surface area contributed by atoms with Crippen LogP contribution in [0.5, 0.6) is 5.75 Å². The van der Waals surface area contributed by atoms with Gasteiger partial charge in [-0.1, -0.05) is 36.4 Å². The zero-order chi connectivity index (χ0) is 26.0.